The first-order chi connectivity index (χ1) is 14.1. The summed E-state index contributed by atoms with van der Waals surface area (Å²) in [4.78, 5) is 27.5. The SMILES string of the molecule is Cc1cc(-c2cncnc2)cc([C@H]2CCCN2C(=O)COc2ccc(F)cc2)n1. The van der Waals surface area contributed by atoms with Crippen molar-refractivity contribution in [3.05, 3.63) is 72.3 Å². The van der Waals surface area contributed by atoms with Crippen LogP contribution in [0.3, 0.4) is 0 Å². The van der Waals surface area contributed by atoms with Crippen molar-refractivity contribution in [1.82, 2.24) is 19.9 Å². The summed E-state index contributed by atoms with van der Waals surface area (Å²) in [6.07, 6.45) is 6.78. The fraction of sp³-hybridized carbons (Fsp3) is 0.273. The molecule has 4 rings (SSSR count). The molecular formula is C22H21FN4O2. The molecule has 0 saturated carbocycles. The second kappa shape index (κ2) is 8.34. The van der Waals surface area contributed by atoms with Gasteiger partial charge in [-0.15, -0.1) is 0 Å². The van der Waals surface area contributed by atoms with Gasteiger partial charge in [0.2, 0.25) is 0 Å². The normalized spacial score (nSPS) is 16.1. The van der Waals surface area contributed by atoms with E-state index in [9.17, 15) is 9.18 Å². The zero-order valence-corrected chi connectivity index (χ0v) is 16.1. The van der Waals surface area contributed by atoms with Crippen LogP contribution in [-0.4, -0.2) is 38.9 Å². The van der Waals surface area contributed by atoms with Gasteiger partial charge in [-0.2, -0.15) is 0 Å². The lowest BCUT2D eigenvalue weighted by molar-refractivity contribution is -0.134. The molecule has 3 aromatic rings. The summed E-state index contributed by atoms with van der Waals surface area (Å²) in [6, 6.07) is 9.54. The number of hydrogen-bond acceptors (Lipinski definition) is 5. The van der Waals surface area contributed by atoms with Crippen LogP contribution >= 0.6 is 0 Å². The molecular weight excluding hydrogens is 371 g/mol. The lowest BCUT2D eigenvalue weighted by atomic mass is 10.0. The third-order valence-corrected chi connectivity index (χ3v) is 4.96. The maximum atomic E-state index is 13.0. The van der Waals surface area contributed by atoms with Crippen molar-refractivity contribution in [3.63, 3.8) is 0 Å². The molecule has 3 heterocycles. The van der Waals surface area contributed by atoms with Crippen molar-refractivity contribution in [2.75, 3.05) is 13.2 Å². The molecule has 1 aliphatic rings. The highest BCUT2D eigenvalue weighted by molar-refractivity contribution is 5.78. The predicted molar refractivity (Wildman–Crippen MR) is 106 cm³/mol. The number of rotatable bonds is 5. The summed E-state index contributed by atoms with van der Waals surface area (Å²) in [7, 11) is 0. The van der Waals surface area contributed by atoms with E-state index in [0.717, 1.165) is 35.4 Å². The first-order valence-corrected chi connectivity index (χ1v) is 9.52. The van der Waals surface area contributed by atoms with Gasteiger partial charge in [0.05, 0.1) is 11.7 Å². The van der Waals surface area contributed by atoms with Gasteiger partial charge in [-0.1, -0.05) is 0 Å². The number of carbonyl (C=O) groups is 1. The summed E-state index contributed by atoms with van der Waals surface area (Å²) < 4.78 is 18.6. The van der Waals surface area contributed by atoms with E-state index in [0.29, 0.717) is 12.3 Å². The maximum Gasteiger partial charge on any atom is 0.261 e. The summed E-state index contributed by atoms with van der Waals surface area (Å²) in [5.41, 5.74) is 3.63. The van der Waals surface area contributed by atoms with Gasteiger partial charge in [0.15, 0.2) is 6.61 Å². The first kappa shape index (κ1) is 19.0. The van der Waals surface area contributed by atoms with Crippen LogP contribution in [0.4, 0.5) is 4.39 Å². The smallest absolute Gasteiger partial charge is 0.261 e. The standard InChI is InChI=1S/C22H21FN4O2/c1-15-9-16(17-11-24-14-25-12-17)10-20(26-15)21-3-2-8-27(21)22(28)13-29-19-6-4-18(23)5-7-19/h4-7,9-12,14,21H,2-3,8,13H2,1H3/t21-/m1/s1. The zero-order valence-electron chi connectivity index (χ0n) is 16.1. The van der Waals surface area contributed by atoms with Crippen molar-refractivity contribution in [2.24, 2.45) is 0 Å². The number of likely N-dealkylation sites (tertiary alicyclic amines) is 1. The van der Waals surface area contributed by atoms with E-state index in [1.165, 1.54) is 30.6 Å². The number of amides is 1. The average Bonchev–Trinajstić information content (AvgIpc) is 3.23. The lowest BCUT2D eigenvalue weighted by Crippen LogP contribution is -2.34. The molecule has 0 aliphatic carbocycles. The number of ether oxygens (including phenoxy) is 1. The topological polar surface area (TPSA) is 68.2 Å². The fourth-order valence-electron chi connectivity index (χ4n) is 3.61. The van der Waals surface area contributed by atoms with Gasteiger partial charge in [-0.05, 0) is 61.7 Å². The zero-order chi connectivity index (χ0) is 20.2. The molecule has 6 nitrogen and oxygen atoms in total. The molecule has 1 aromatic carbocycles. The number of benzene rings is 1. The Labute approximate surface area is 168 Å². The molecule has 0 bridgehead atoms. The summed E-state index contributed by atoms with van der Waals surface area (Å²) in [5, 5.41) is 0. The van der Waals surface area contributed by atoms with Gasteiger partial charge >= 0.3 is 0 Å². The minimum Gasteiger partial charge on any atom is -0.484 e. The highest BCUT2D eigenvalue weighted by Crippen LogP contribution is 2.33. The van der Waals surface area contributed by atoms with Gasteiger partial charge in [0.1, 0.15) is 17.9 Å². The number of hydrogen-bond donors (Lipinski definition) is 0. The van der Waals surface area contributed by atoms with E-state index in [4.69, 9.17) is 4.74 Å². The van der Waals surface area contributed by atoms with Gasteiger partial charge in [-0.25, -0.2) is 14.4 Å². The number of halogens is 1. The van der Waals surface area contributed by atoms with Gasteiger partial charge in [0.25, 0.3) is 5.91 Å². The molecule has 0 unspecified atom stereocenters. The predicted octanol–water partition coefficient (Wildman–Crippen LogP) is 3.73. The molecule has 1 aliphatic heterocycles. The summed E-state index contributed by atoms with van der Waals surface area (Å²) >= 11 is 0. The van der Waals surface area contributed by atoms with E-state index >= 15 is 0 Å². The Hall–Kier alpha value is -3.35. The third kappa shape index (κ3) is 4.39. The Morgan fingerprint density at radius 3 is 2.69 bits per heavy atom. The quantitative estimate of drug-likeness (QED) is 0.662. The van der Waals surface area contributed by atoms with Gasteiger partial charge < -0.3 is 9.64 Å². The van der Waals surface area contributed by atoms with Crippen molar-refractivity contribution in [3.8, 4) is 16.9 Å². The molecule has 1 amide bonds. The number of nitrogens with zero attached hydrogens (tertiary/aromatic N) is 4. The van der Waals surface area contributed by atoms with E-state index in [-0.39, 0.29) is 24.4 Å². The third-order valence-electron chi connectivity index (χ3n) is 4.96. The Morgan fingerprint density at radius 2 is 1.93 bits per heavy atom. The second-order valence-electron chi connectivity index (χ2n) is 7.04. The highest BCUT2D eigenvalue weighted by Gasteiger charge is 2.31. The van der Waals surface area contributed by atoms with Gasteiger partial charge in [0, 0.05) is 30.2 Å². The minimum atomic E-state index is -0.339. The van der Waals surface area contributed by atoms with Crippen LogP contribution < -0.4 is 4.74 Å². The number of pyridine rings is 1. The minimum absolute atomic E-state index is 0.0899. The lowest BCUT2D eigenvalue weighted by Gasteiger charge is -2.25. The Morgan fingerprint density at radius 1 is 1.17 bits per heavy atom. The van der Waals surface area contributed by atoms with Crippen molar-refractivity contribution >= 4 is 5.91 Å². The molecule has 148 valence electrons. The van der Waals surface area contributed by atoms with Crippen LogP contribution in [0.15, 0.2) is 55.1 Å². The monoisotopic (exact) mass is 392 g/mol. The molecule has 1 atom stereocenters. The molecule has 1 fully saturated rings. The molecule has 1 saturated heterocycles. The molecule has 0 radical (unpaired) electrons. The second-order valence-corrected chi connectivity index (χ2v) is 7.04. The van der Waals surface area contributed by atoms with E-state index < -0.39 is 0 Å². The van der Waals surface area contributed by atoms with Crippen molar-refractivity contribution in [1.29, 1.82) is 0 Å². The molecule has 29 heavy (non-hydrogen) atoms. The van der Waals surface area contributed by atoms with Crippen LogP contribution in [0.1, 0.15) is 30.3 Å². The van der Waals surface area contributed by atoms with Crippen LogP contribution in [-0.2, 0) is 4.79 Å². The Kier molecular flexibility index (Phi) is 5.46. The first-order valence-electron chi connectivity index (χ1n) is 9.52. The van der Waals surface area contributed by atoms with E-state index in [1.54, 1.807) is 12.4 Å². The maximum absolute atomic E-state index is 13.0. The van der Waals surface area contributed by atoms with Crippen LogP contribution in [0.25, 0.3) is 11.1 Å². The van der Waals surface area contributed by atoms with Crippen LogP contribution in [0.5, 0.6) is 5.75 Å². The van der Waals surface area contributed by atoms with Crippen molar-refractivity contribution in [2.45, 2.75) is 25.8 Å². The molecule has 0 spiro atoms. The van der Waals surface area contributed by atoms with E-state index in [1.807, 2.05) is 24.0 Å². The average molecular weight is 392 g/mol. The fourth-order valence-corrected chi connectivity index (χ4v) is 3.61. The number of carbonyl (C=O) groups excluding carboxylic acids is 1. The molecule has 7 heteroatoms. The number of aryl methyl sites for hydroxylation is 1. The molecule has 0 N–H and O–H groups in total. The van der Waals surface area contributed by atoms with Crippen LogP contribution in [0, 0.1) is 12.7 Å². The number of aromatic nitrogens is 3. The Balaban J connectivity index is 1.51. The summed E-state index contributed by atoms with van der Waals surface area (Å²) in [5.74, 6) is 0.0219. The highest BCUT2D eigenvalue weighted by atomic mass is 19.1. The van der Waals surface area contributed by atoms with E-state index in [2.05, 4.69) is 15.0 Å². The largest absolute Gasteiger partial charge is 0.484 e. The Bertz CT molecular complexity index is 995. The van der Waals surface area contributed by atoms with Gasteiger partial charge in [-0.3, -0.25) is 9.78 Å². The molecule has 2 aromatic heterocycles. The van der Waals surface area contributed by atoms with Crippen molar-refractivity contribution < 1.29 is 13.9 Å². The van der Waals surface area contributed by atoms with Crippen LogP contribution in [0.2, 0.25) is 0 Å². The summed E-state index contributed by atoms with van der Waals surface area (Å²) in [6.45, 7) is 2.51.